The van der Waals surface area contributed by atoms with E-state index in [4.69, 9.17) is 0 Å². The highest BCUT2D eigenvalue weighted by Crippen LogP contribution is 2.18. The zero-order chi connectivity index (χ0) is 12.3. The van der Waals surface area contributed by atoms with Crippen LogP contribution in [0, 0.1) is 0 Å². The summed E-state index contributed by atoms with van der Waals surface area (Å²) in [7, 11) is -1.72. The van der Waals surface area contributed by atoms with Crippen molar-refractivity contribution in [3.63, 3.8) is 0 Å². The molecular formula is C11H17NO3S. The van der Waals surface area contributed by atoms with Crippen molar-refractivity contribution in [2.45, 2.75) is 19.4 Å². The standard InChI is InChI=1S/C11H17NO3S/c1-9(13)7-10-5-4-6-11(8-10)12(2)16(3,14)15/h4-6,8-9,13H,7H2,1-3H3. The minimum Gasteiger partial charge on any atom is -0.393 e. The smallest absolute Gasteiger partial charge is 0.231 e. The summed E-state index contributed by atoms with van der Waals surface area (Å²) >= 11 is 0. The number of benzene rings is 1. The molecule has 0 spiro atoms. The highest BCUT2D eigenvalue weighted by atomic mass is 32.2. The second kappa shape index (κ2) is 4.84. The molecule has 4 nitrogen and oxygen atoms in total. The van der Waals surface area contributed by atoms with Crippen LogP contribution in [-0.4, -0.2) is 32.9 Å². The number of aliphatic hydroxyl groups excluding tert-OH is 1. The average molecular weight is 243 g/mol. The fourth-order valence-corrected chi connectivity index (χ4v) is 1.91. The maximum atomic E-state index is 11.3. The lowest BCUT2D eigenvalue weighted by atomic mass is 10.1. The summed E-state index contributed by atoms with van der Waals surface area (Å²) in [5, 5.41) is 9.26. The van der Waals surface area contributed by atoms with E-state index in [-0.39, 0.29) is 0 Å². The second-order valence-electron chi connectivity index (χ2n) is 3.95. The van der Waals surface area contributed by atoms with E-state index in [9.17, 15) is 13.5 Å². The van der Waals surface area contributed by atoms with Crippen molar-refractivity contribution < 1.29 is 13.5 Å². The zero-order valence-electron chi connectivity index (χ0n) is 9.71. The van der Waals surface area contributed by atoms with Crippen LogP contribution in [0.2, 0.25) is 0 Å². The fraction of sp³-hybridized carbons (Fsp3) is 0.455. The third kappa shape index (κ3) is 3.50. The van der Waals surface area contributed by atoms with E-state index >= 15 is 0 Å². The van der Waals surface area contributed by atoms with Gasteiger partial charge in [-0.1, -0.05) is 12.1 Å². The first kappa shape index (κ1) is 13.0. The summed E-state index contributed by atoms with van der Waals surface area (Å²) < 4.78 is 23.9. The fourth-order valence-electron chi connectivity index (χ4n) is 1.41. The quantitative estimate of drug-likeness (QED) is 0.858. The highest BCUT2D eigenvalue weighted by molar-refractivity contribution is 7.92. The number of anilines is 1. The Bertz CT molecular complexity index is 454. The molecule has 0 aromatic heterocycles. The van der Waals surface area contributed by atoms with E-state index in [0.717, 1.165) is 11.8 Å². The Hall–Kier alpha value is -1.07. The third-order valence-corrected chi connectivity index (χ3v) is 3.51. The minimum atomic E-state index is -3.23. The predicted octanol–water partition coefficient (Wildman–Crippen LogP) is 1.01. The van der Waals surface area contributed by atoms with Gasteiger partial charge in [-0.05, 0) is 31.0 Å². The van der Waals surface area contributed by atoms with E-state index in [1.54, 1.807) is 25.1 Å². The zero-order valence-corrected chi connectivity index (χ0v) is 10.5. The van der Waals surface area contributed by atoms with Gasteiger partial charge in [0.25, 0.3) is 0 Å². The van der Waals surface area contributed by atoms with E-state index in [1.165, 1.54) is 11.4 Å². The van der Waals surface area contributed by atoms with E-state index in [1.807, 2.05) is 6.07 Å². The Morgan fingerprint density at radius 3 is 2.56 bits per heavy atom. The Kier molecular flexibility index (Phi) is 3.93. The van der Waals surface area contributed by atoms with Gasteiger partial charge in [0.1, 0.15) is 0 Å². The normalized spacial score (nSPS) is 13.5. The molecule has 0 aliphatic rings. The van der Waals surface area contributed by atoms with Crippen LogP contribution < -0.4 is 4.31 Å². The molecular weight excluding hydrogens is 226 g/mol. The number of hydrogen-bond donors (Lipinski definition) is 1. The van der Waals surface area contributed by atoms with Gasteiger partial charge in [0.2, 0.25) is 10.0 Å². The Morgan fingerprint density at radius 2 is 2.06 bits per heavy atom. The summed E-state index contributed by atoms with van der Waals surface area (Å²) in [4.78, 5) is 0. The van der Waals surface area contributed by atoms with Gasteiger partial charge in [-0.2, -0.15) is 0 Å². The van der Waals surface area contributed by atoms with Crippen LogP contribution in [0.1, 0.15) is 12.5 Å². The molecule has 0 fully saturated rings. The van der Waals surface area contributed by atoms with Gasteiger partial charge in [0.15, 0.2) is 0 Å². The number of rotatable bonds is 4. The molecule has 0 bridgehead atoms. The van der Waals surface area contributed by atoms with Gasteiger partial charge in [-0.25, -0.2) is 8.42 Å². The third-order valence-electron chi connectivity index (χ3n) is 2.30. The lowest BCUT2D eigenvalue weighted by molar-refractivity contribution is 0.195. The molecule has 1 atom stereocenters. The van der Waals surface area contributed by atoms with Crippen LogP contribution in [-0.2, 0) is 16.4 Å². The van der Waals surface area contributed by atoms with Crippen LogP contribution in [0.4, 0.5) is 5.69 Å². The first-order valence-corrected chi connectivity index (χ1v) is 6.86. The Labute approximate surface area is 96.6 Å². The highest BCUT2D eigenvalue weighted by Gasteiger charge is 2.12. The molecule has 0 heterocycles. The molecule has 1 rings (SSSR count). The molecule has 0 saturated carbocycles. The molecule has 0 amide bonds. The molecule has 90 valence electrons. The van der Waals surface area contributed by atoms with Crippen molar-refractivity contribution in [1.29, 1.82) is 0 Å². The van der Waals surface area contributed by atoms with E-state index < -0.39 is 16.1 Å². The molecule has 5 heteroatoms. The molecule has 1 N–H and O–H groups in total. The number of hydrogen-bond acceptors (Lipinski definition) is 3. The molecule has 1 unspecified atom stereocenters. The maximum Gasteiger partial charge on any atom is 0.231 e. The number of nitrogens with zero attached hydrogens (tertiary/aromatic N) is 1. The van der Waals surface area contributed by atoms with Gasteiger partial charge >= 0.3 is 0 Å². The Balaban J connectivity index is 2.99. The van der Waals surface area contributed by atoms with Gasteiger partial charge in [0, 0.05) is 7.05 Å². The van der Waals surface area contributed by atoms with E-state index in [2.05, 4.69) is 0 Å². The molecule has 0 saturated heterocycles. The molecule has 0 aliphatic carbocycles. The van der Waals surface area contributed by atoms with Crippen molar-refractivity contribution in [3.8, 4) is 0 Å². The van der Waals surface area contributed by atoms with Crippen LogP contribution in [0.5, 0.6) is 0 Å². The summed E-state index contributed by atoms with van der Waals surface area (Å²) in [6, 6.07) is 7.15. The lowest BCUT2D eigenvalue weighted by Gasteiger charge is -2.17. The molecule has 1 aromatic rings. The van der Waals surface area contributed by atoms with Crippen molar-refractivity contribution in [2.24, 2.45) is 0 Å². The minimum absolute atomic E-state index is 0.432. The lowest BCUT2D eigenvalue weighted by Crippen LogP contribution is -2.24. The molecule has 0 radical (unpaired) electrons. The van der Waals surface area contributed by atoms with Crippen molar-refractivity contribution >= 4 is 15.7 Å². The van der Waals surface area contributed by atoms with Crippen molar-refractivity contribution in [3.05, 3.63) is 29.8 Å². The molecule has 16 heavy (non-hydrogen) atoms. The summed E-state index contributed by atoms with van der Waals surface area (Å²) in [6.45, 7) is 1.70. The first-order chi connectivity index (χ1) is 7.30. The predicted molar refractivity (Wildman–Crippen MR) is 65.1 cm³/mol. The van der Waals surface area contributed by atoms with Crippen molar-refractivity contribution in [1.82, 2.24) is 0 Å². The monoisotopic (exact) mass is 243 g/mol. The summed E-state index contributed by atoms with van der Waals surface area (Å²) in [5.74, 6) is 0. The topological polar surface area (TPSA) is 57.6 Å². The van der Waals surface area contributed by atoms with Crippen LogP contribution in [0.3, 0.4) is 0 Å². The SMILES string of the molecule is CC(O)Cc1cccc(N(C)S(C)(=O)=O)c1. The summed E-state index contributed by atoms with van der Waals surface area (Å²) in [6.07, 6.45) is 1.25. The largest absolute Gasteiger partial charge is 0.393 e. The van der Waals surface area contributed by atoms with Crippen molar-refractivity contribution in [2.75, 3.05) is 17.6 Å². The second-order valence-corrected chi connectivity index (χ2v) is 5.97. The maximum absolute atomic E-state index is 11.3. The summed E-state index contributed by atoms with van der Waals surface area (Å²) in [5.41, 5.74) is 1.53. The number of sulfonamides is 1. The number of aliphatic hydroxyl groups is 1. The van der Waals surface area contributed by atoms with Gasteiger partial charge in [-0.3, -0.25) is 4.31 Å². The molecule has 0 aliphatic heterocycles. The Morgan fingerprint density at radius 1 is 1.44 bits per heavy atom. The van der Waals surface area contributed by atoms with Gasteiger partial charge in [0.05, 0.1) is 18.0 Å². The molecule has 1 aromatic carbocycles. The van der Waals surface area contributed by atoms with E-state index in [0.29, 0.717) is 12.1 Å². The van der Waals surface area contributed by atoms with Gasteiger partial charge in [-0.15, -0.1) is 0 Å². The van der Waals surface area contributed by atoms with Gasteiger partial charge < -0.3 is 5.11 Å². The van der Waals surface area contributed by atoms with Crippen LogP contribution in [0.25, 0.3) is 0 Å². The first-order valence-electron chi connectivity index (χ1n) is 5.01. The van der Waals surface area contributed by atoms with Crippen LogP contribution in [0.15, 0.2) is 24.3 Å². The van der Waals surface area contributed by atoms with Crippen LogP contribution >= 0.6 is 0 Å². The average Bonchev–Trinajstić information content (AvgIpc) is 2.14.